The molecule has 23 heavy (non-hydrogen) atoms. The first kappa shape index (κ1) is 17.2. The Morgan fingerprint density at radius 3 is 2.43 bits per heavy atom. The smallest absolute Gasteiger partial charge is 0.254 e. The molecular weight excluding hydrogens is 316 g/mol. The van der Waals surface area contributed by atoms with Crippen LogP contribution in [0.15, 0.2) is 45.9 Å². The Kier molecular flexibility index (Phi) is 4.91. The van der Waals surface area contributed by atoms with Crippen LogP contribution >= 0.6 is 0 Å². The number of aryl methyl sites for hydroxylation is 1. The Morgan fingerprint density at radius 2 is 1.87 bits per heavy atom. The molecule has 7 heteroatoms. The largest absolute Gasteiger partial charge is 0.467 e. The molecule has 0 aliphatic carbocycles. The molecule has 124 valence electrons. The second-order valence-corrected chi connectivity index (χ2v) is 7.63. The van der Waals surface area contributed by atoms with Gasteiger partial charge in [-0.3, -0.25) is 4.79 Å². The molecule has 0 fully saturated rings. The van der Waals surface area contributed by atoms with Crippen molar-refractivity contribution in [1.29, 1.82) is 0 Å². The fourth-order valence-corrected chi connectivity index (χ4v) is 3.28. The Balaban J connectivity index is 2.32. The fourth-order valence-electron chi connectivity index (χ4n) is 2.14. The summed E-state index contributed by atoms with van der Waals surface area (Å²) in [5, 5.41) is 0. The Morgan fingerprint density at radius 1 is 1.17 bits per heavy atom. The summed E-state index contributed by atoms with van der Waals surface area (Å²) in [6.07, 6.45) is 1.54. The molecule has 1 aromatic carbocycles. The lowest BCUT2D eigenvalue weighted by Gasteiger charge is -2.18. The van der Waals surface area contributed by atoms with E-state index in [0.29, 0.717) is 23.4 Å². The maximum absolute atomic E-state index is 12.5. The van der Waals surface area contributed by atoms with E-state index in [-0.39, 0.29) is 10.8 Å². The zero-order valence-corrected chi connectivity index (χ0v) is 14.4. The molecule has 0 aliphatic heterocycles. The maximum Gasteiger partial charge on any atom is 0.254 e. The van der Waals surface area contributed by atoms with E-state index in [1.165, 1.54) is 25.1 Å². The van der Waals surface area contributed by atoms with Gasteiger partial charge >= 0.3 is 0 Å². The highest BCUT2D eigenvalue weighted by molar-refractivity contribution is 7.89. The number of rotatable bonds is 5. The van der Waals surface area contributed by atoms with E-state index in [1.54, 1.807) is 44.5 Å². The van der Waals surface area contributed by atoms with Gasteiger partial charge in [-0.2, -0.15) is 0 Å². The quantitative estimate of drug-likeness (QED) is 0.838. The third-order valence-corrected chi connectivity index (χ3v) is 5.47. The van der Waals surface area contributed by atoms with Gasteiger partial charge < -0.3 is 9.32 Å². The predicted octanol–water partition coefficient (Wildman–Crippen LogP) is 2.11. The average Bonchev–Trinajstić information content (AvgIpc) is 2.99. The van der Waals surface area contributed by atoms with Crippen LogP contribution < -0.4 is 0 Å². The molecule has 0 saturated heterocycles. The van der Waals surface area contributed by atoms with Gasteiger partial charge in [0.1, 0.15) is 5.76 Å². The van der Waals surface area contributed by atoms with Crippen molar-refractivity contribution in [3.63, 3.8) is 0 Å². The molecule has 0 saturated carbocycles. The number of carbonyl (C=O) groups is 1. The van der Waals surface area contributed by atoms with Crippen molar-refractivity contribution in [2.75, 3.05) is 21.1 Å². The van der Waals surface area contributed by atoms with Crippen molar-refractivity contribution in [3.05, 3.63) is 53.5 Å². The van der Waals surface area contributed by atoms with E-state index < -0.39 is 10.0 Å². The minimum absolute atomic E-state index is 0.139. The van der Waals surface area contributed by atoms with Crippen molar-refractivity contribution in [2.24, 2.45) is 0 Å². The Labute approximate surface area is 136 Å². The zero-order chi connectivity index (χ0) is 17.2. The van der Waals surface area contributed by atoms with E-state index >= 15 is 0 Å². The van der Waals surface area contributed by atoms with Crippen LogP contribution in [0.25, 0.3) is 0 Å². The van der Waals surface area contributed by atoms with Gasteiger partial charge in [0, 0.05) is 26.7 Å². The fraction of sp³-hybridized carbons (Fsp3) is 0.312. The summed E-state index contributed by atoms with van der Waals surface area (Å²) in [4.78, 5) is 14.1. The molecule has 0 aliphatic rings. The van der Waals surface area contributed by atoms with Crippen molar-refractivity contribution < 1.29 is 17.6 Å². The van der Waals surface area contributed by atoms with Crippen LogP contribution in [0, 0.1) is 6.92 Å². The van der Waals surface area contributed by atoms with Gasteiger partial charge in [0.25, 0.3) is 5.91 Å². The number of carbonyl (C=O) groups excluding carboxylic acids is 1. The van der Waals surface area contributed by atoms with E-state index in [1.807, 2.05) is 0 Å². The number of benzene rings is 1. The van der Waals surface area contributed by atoms with E-state index in [0.717, 1.165) is 4.31 Å². The number of nitrogens with zero attached hydrogens (tertiary/aromatic N) is 2. The topological polar surface area (TPSA) is 70.8 Å². The van der Waals surface area contributed by atoms with Gasteiger partial charge in [0.05, 0.1) is 17.7 Å². The average molecular weight is 336 g/mol. The summed E-state index contributed by atoms with van der Waals surface area (Å²) in [5.41, 5.74) is 0.925. The highest BCUT2D eigenvalue weighted by atomic mass is 32.2. The lowest BCUT2D eigenvalue weighted by molar-refractivity contribution is 0.0775. The molecule has 0 N–H and O–H groups in total. The summed E-state index contributed by atoms with van der Waals surface area (Å²) in [7, 11) is 0.978. The normalized spacial score (nSPS) is 11.7. The van der Waals surface area contributed by atoms with Gasteiger partial charge in [-0.15, -0.1) is 0 Å². The number of furan rings is 1. The van der Waals surface area contributed by atoms with Gasteiger partial charge in [-0.25, -0.2) is 12.7 Å². The summed E-state index contributed by atoms with van der Waals surface area (Å²) >= 11 is 0. The summed E-state index contributed by atoms with van der Waals surface area (Å²) < 4.78 is 31.0. The molecule has 1 heterocycles. The maximum atomic E-state index is 12.5. The molecule has 0 spiro atoms. The first-order valence-electron chi connectivity index (χ1n) is 7.04. The van der Waals surface area contributed by atoms with Gasteiger partial charge in [-0.05, 0) is 36.8 Å². The summed E-state index contributed by atoms with van der Waals surface area (Å²) in [6.45, 7) is 2.02. The molecular formula is C16H20N2O4S. The number of amides is 1. The summed E-state index contributed by atoms with van der Waals surface area (Å²) in [6, 6.07) is 8.23. The second kappa shape index (κ2) is 6.55. The van der Waals surface area contributed by atoms with Crippen molar-refractivity contribution in [2.45, 2.75) is 18.4 Å². The molecule has 1 aromatic heterocycles. The molecule has 0 atom stereocenters. The minimum atomic E-state index is -3.60. The SMILES string of the molecule is Cc1ccc(C(=O)N(C)Cc2ccco2)cc1S(=O)(=O)N(C)C. The Bertz CT molecular complexity index is 795. The standard InChI is InChI=1S/C16H20N2O4S/c1-12-7-8-13(10-15(12)23(20,21)17(2)3)16(19)18(4)11-14-6-5-9-22-14/h5-10H,11H2,1-4H3. The van der Waals surface area contributed by atoms with Crippen LogP contribution in [0.2, 0.25) is 0 Å². The molecule has 1 amide bonds. The van der Waals surface area contributed by atoms with Crippen LogP contribution in [0.5, 0.6) is 0 Å². The third kappa shape index (κ3) is 3.62. The van der Waals surface area contributed by atoms with Crippen LogP contribution in [0.3, 0.4) is 0 Å². The Hall–Kier alpha value is -2.12. The minimum Gasteiger partial charge on any atom is -0.467 e. The van der Waals surface area contributed by atoms with Crippen molar-refractivity contribution >= 4 is 15.9 Å². The number of hydrogen-bond acceptors (Lipinski definition) is 4. The summed E-state index contributed by atoms with van der Waals surface area (Å²) in [5.74, 6) is 0.394. The van der Waals surface area contributed by atoms with E-state index in [9.17, 15) is 13.2 Å². The first-order chi connectivity index (χ1) is 10.7. The van der Waals surface area contributed by atoms with Crippen LogP contribution in [0.1, 0.15) is 21.7 Å². The monoisotopic (exact) mass is 336 g/mol. The molecule has 0 radical (unpaired) electrons. The second-order valence-electron chi connectivity index (χ2n) is 5.51. The third-order valence-electron chi connectivity index (χ3n) is 3.51. The lowest BCUT2D eigenvalue weighted by atomic mass is 10.1. The van der Waals surface area contributed by atoms with E-state index in [2.05, 4.69) is 0 Å². The molecule has 2 rings (SSSR count). The molecule has 0 unspecified atom stereocenters. The van der Waals surface area contributed by atoms with Crippen molar-refractivity contribution in [3.8, 4) is 0 Å². The zero-order valence-electron chi connectivity index (χ0n) is 13.6. The van der Waals surface area contributed by atoms with Crippen LogP contribution in [0.4, 0.5) is 0 Å². The lowest BCUT2D eigenvalue weighted by Crippen LogP contribution is -2.27. The molecule has 0 bridgehead atoms. The molecule has 6 nitrogen and oxygen atoms in total. The van der Waals surface area contributed by atoms with E-state index in [4.69, 9.17) is 4.42 Å². The van der Waals surface area contributed by atoms with Crippen LogP contribution in [-0.4, -0.2) is 44.7 Å². The number of sulfonamides is 1. The highest BCUT2D eigenvalue weighted by Gasteiger charge is 2.22. The molecule has 2 aromatic rings. The highest BCUT2D eigenvalue weighted by Crippen LogP contribution is 2.21. The predicted molar refractivity (Wildman–Crippen MR) is 86.6 cm³/mol. The van der Waals surface area contributed by atoms with Gasteiger partial charge in [-0.1, -0.05) is 6.07 Å². The first-order valence-corrected chi connectivity index (χ1v) is 8.48. The van der Waals surface area contributed by atoms with Crippen LogP contribution in [-0.2, 0) is 16.6 Å². The number of hydrogen-bond donors (Lipinski definition) is 0. The van der Waals surface area contributed by atoms with Gasteiger partial charge in [0.2, 0.25) is 10.0 Å². The van der Waals surface area contributed by atoms with Crippen molar-refractivity contribution in [1.82, 2.24) is 9.21 Å². The van der Waals surface area contributed by atoms with Gasteiger partial charge in [0.15, 0.2) is 0 Å².